The highest BCUT2D eigenvalue weighted by Crippen LogP contribution is 2.43. The fourth-order valence-electron chi connectivity index (χ4n) is 4.92. The average molecular weight is 406 g/mol. The molecule has 7 heteroatoms. The van der Waals surface area contributed by atoms with Crippen LogP contribution in [0.25, 0.3) is 0 Å². The zero-order valence-corrected chi connectivity index (χ0v) is 17.9. The summed E-state index contributed by atoms with van der Waals surface area (Å²) < 4.78 is 5.58. The molecule has 0 unspecified atom stereocenters. The van der Waals surface area contributed by atoms with Gasteiger partial charge in [0.15, 0.2) is 0 Å². The lowest BCUT2D eigenvalue weighted by Gasteiger charge is -2.48. The number of hydrogen-bond acceptors (Lipinski definition) is 5. The highest BCUT2D eigenvalue weighted by Gasteiger charge is 2.47. The number of carbonyl (C=O) groups is 1. The van der Waals surface area contributed by atoms with E-state index in [0.717, 1.165) is 24.4 Å². The number of piperidine rings is 1. The van der Waals surface area contributed by atoms with Crippen molar-refractivity contribution in [1.82, 2.24) is 9.80 Å². The number of aliphatic hydroxyl groups excluding tert-OH is 2. The topological polar surface area (TPSA) is 76.5 Å². The van der Waals surface area contributed by atoms with Crippen molar-refractivity contribution in [2.45, 2.75) is 33.2 Å². The molecule has 3 heterocycles. The van der Waals surface area contributed by atoms with Crippen molar-refractivity contribution < 1.29 is 19.7 Å². The van der Waals surface area contributed by atoms with Crippen LogP contribution in [0.15, 0.2) is 24.3 Å². The van der Waals surface area contributed by atoms with Gasteiger partial charge in [0.2, 0.25) is 0 Å². The Morgan fingerprint density at radius 2 is 1.79 bits per heavy atom. The third-order valence-corrected chi connectivity index (χ3v) is 6.18. The van der Waals surface area contributed by atoms with Gasteiger partial charge in [-0.3, -0.25) is 0 Å². The molecule has 3 saturated heterocycles. The number of fused-ring (bicyclic) bond motifs is 4. The standard InChI is InChI=1S/C22H35N3O4/c1-4-29-19-7-5-18(6-8-19)25-15-17-13-22(2,3)20(25)16-24(14-17)21(28)23(9-11-26)10-12-27/h5-8,17,20,26-27H,4,9-16H2,1-3H3/t17-,20-/m1/s1. The maximum atomic E-state index is 13.1. The second-order valence-electron chi connectivity index (χ2n) is 8.78. The van der Waals surface area contributed by atoms with Crippen molar-refractivity contribution in [1.29, 1.82) is 0 Å². The van der Waals surface area contributed by atoms with E-state index in [1.807, 2.05) is 24.0 Å². The van der Waals surface area contributed by atoms with Crippen LogP contribution in [0.2, 0.25) is 0 Å². The van der Waals surface area contributed by atoms with Crippen LogP contribution in [0.4, 0.5) is 10.5 Å². The van der Waals surface area contributed by atoms with Crippen molar-refractivity contribution in [2.75, 3.05) is 57.4 Å². The van der Waals surface area contributed by atoms with E-state index in [1.54, 1.807) is 4.90 Å². The molecule has 0 spiro atoms. The summed E-state index contributed by atoms with van der Waals surface area (Å²) in [5.74, 6) is 1.25. The third kappa shape index (κ3) is 4.78. The number of hydrogen-bond donors (Lipinski definition) is 2. The van der Waals surface area contributed by atoms with E-state index in [0.29, 0.717) is 25.6 Å². The van der Waals surface area contributed by atoms with Crippen molar-refractivity contribution >= 4 is 11.7 Å². The predicted octanol–water partition coefficient (Wildman–Crippen LogP) is 2.03. The largest absolute Gasteiger partial charge is 0.494 e. The van der Waals surface area contributed by atoms with Gasteiger partial charge in [-0.05, 0) is 48.9 Å². The predicted molar refractivity (Wildman–Crippen MR) is 113 cm³/mol. The molecule has 0 aromatic heterocycles. The van der Waals surface area contributed by atoms with Gasteiger partial charge >= 0.3 is 6.03 Å². The molecule has 3 fully saturated rings. The monoisotopic (exact) mass is 405 g/mol. The van der Waals surface area contributed by atoms with Gasteiger partial charge in [0.1, 0.15) is 5.75 Å². The molecule has 3 aliphatic rings. The molecule has 2 atom stereocenters. The fraction of sp³-hybridized carbons (Fsp3) is 0.682. The summed E-state index contributed by atoms with van der Waals surface area (Å²) in [6, 6.07) is 8.35. The summed E-state index contributed by atoms with van der Waals surface area (Å²) in [4.78, 5) is 19.0. The van der Waals surface area contributed by atoms with E-state index < -0.39 is 0 Å². The summed E-state index contributed by atoms with van der Waals surface area (Å²) >= 11 is 0. The number of carbonyl (C=O) groups excluding carboxylic acids is 1. The van der Waals surface area contributed by atoms with Crippen LogP contribution in [-0.4, -0.2) is 84.6 Å². The smallest absolute Gasteiger partial charge is 0.320 e. The molecule has 162 valence electrons. The van der Waals surface area contributed by atoms with E-state index in [2.05, 4.69) is 30.9 Å². The van der Waals surface area contributed by atoms with Gasteiger partial charge in [-0.2, -0.15) is 0 Å². The lowest BCUT2D eigenvalue weighted by Crippen LogP contribution is -2.54. The minimum absolute atomic E-state index is 0.0787. The van der Waals surface area contributed by atoms with Gasteiger partial charge in [0.05, 0.1) is 25.9 Å². The normalized spacial score (nSPS) is 23.1. The Kier molecular flexibility index (Phi) is 6.90. The van der Waals surface area contributed by atoms with Crippen LogP contribution in [0, 0.1) is 11.3 Å². The number of rotatable bonds is 7. The highest BCUT2D eigenvalue weighted by molar-refractivity contribution is 5.75. The van der Waals surface area contributed by atoms with Gasteiger partial charge in [-0.1, -0.05) is 13.8 Å². The highest BCUT2D eigenvalue weighted by atomic mass is 16.5. The minimum Gasteiger partial charge on any atom is -0.494 e. The number of aliphatic hydroxyl groups is 2. The molecular weight excluding hydrogens is 370 g/mol. The Morgan fingerprint density at radius 3 is 2.38 bits per heavy atom. The van der Waals surface area contributed by atoms with Crippen LogP contribution >= 0.6 is 0 Å². The molecule has 0 aliphatic carbocycles. The number of ether oxygens (including phenoxy) is 1. The lowest BCUT2D eigenvalue weighted by atomic mass is 9.73. The first-order chi connectivity index (χ1) is 13.9. The molecule has 1 aromatic carbocycles. The summed E-state index contributed by atoms with van der Waals surface area (Å²) in [5, 5.41) is 18.6. The van der Waals surface area contributed by atoms with Crippen molar-refractivity contribution in [3.05, 3.63) is 24.3 Å². The van der Waals surface area contributed by atoms with Gasteiger partial charge in [-0.25, -0.2) is 4.79 Å². The molecular formula is C22H35N3O4. The molecule has 1 aromatic rings. The van der Waals surface area contributed by atoms with Crippen molar-refractivity contribution in [3.8, 4) is 5.75 Å². The zero-order chi connectivity index (χ0) is 21.0. The molecule has 0 radical (unpaired) electrons. The number of benzene rings is 1. The molecule has 2 amide bonds. The Labute approximate surface area is 173 Å². The quantitative estimate of drug-likeness (QED) is 0.726. The molecule has 3 aliphatic heterocycles. The van der Waals surface area contributed by atoms with E-state index in [1.165, 1.54) is 0 Å². The van der Waals surface area contributed by atoms with E-state index in [-0.39, 0.29) is 43.8 Å². The summed E-state index contributed by atoms with van der Waals surface area (Å²) in [7, 11) is 0. The molecule has 2 bridgehead atoms. The van der Waals surface area contributed by atoms with Gasteiger partial charge in [-0.15, -0.1) is 0 Å². The lowest BCUT2D eigenvalue weighted by molar-refractivity contribution is 0.124. The first-order valence-corrected chi connectivity index (χ1v) is 10.6. The van der Waals surface area contributed by atoms with Crippen LogP contribution in [-0.2, 0) is 0 Å². The van der Waals surface area contributed by atoms with Gasteiger partial charge < -0.3 is 29.6 Å². The summed E-state index contributed by atoms with van der Waals surface area (Å²) in [6.45, 7) is 9.77. The van der Waals surface area contributed by atoms with Crippen LogP contribution in [0.3, 0.4) is 0 Å². The van der Waals surface area contributed by atoms with E-state index in [4.69, 9.17) is 4.74 Å². The number of nitrogens with zero attached hydrogens (tertiary/aromatic N) is 3. The molecule has 2 N–H and O–H groups in total. The van der Waals surface area contributed by atoms with Gasteiger partial charge in [0, 0.05) is 38.4 Å². The Balaban J connectivity index is 1.82. The summed E-state index contributed by atoms with van der Waals surface area (Å²) in [5.41, 5.74) is 1.24. The second kappa shape index (κ2) is 9.22. The first-order valence-electron chi connectivity index (χ1n) is 10.6. The summed E-state index contributed by atoms with van der Waals surface area (Å²) in [6.07, 6.45) is 1.08. The van der Waals surface area contributed by atoms with E-state index >= 15 is 0 Å². The molecule has 4 rings (SSSR count). The van der Waals surface area contributed by atoms with Gasteiger partial charge in [0.25, 0.3) is 0 Å². The number of urea groups is 1. The fourth-order valence-corrected chi connectivity index (χ4v) is 4.92. The molecule has 29 heavy (non-hydrogen) atoms. The average Bonchev–Trinajstić information content (AvgIpc) is 2.95. The van der Waals surface area contributed by atoms with Crippen molar-refractivity contribution in [3.63, 3.8) is 0 Å². The number of amides is 2. The second-order valence-corrected chi connectivity index (χ2v) is 8.78. The Hall–Kier alpha value is -1.99. The Bertz CT molecular complexity index is 673. The van der Waals surface area contributed by atoms with Crippen LogP contribution < -0.4 is 9.64 Å². The van der Waals surface area contributed by atoms with Crippen molar-refractivity contribution in [2.24, 2.45) is 11.3 Å². The number of anilines is 1. The van der Waals surface area contributed by atoms with E-state index in [9.17, 15) is 15.0 Å². The maximum Gasteiger partial charge on any atom is 0.320 e. The zero-order valence-electron chi connectivity index (χ0n) is 17.9. The molecule has 0 saturated carbocycles. The SMILES string of the molecule is CCOc1ccc(N2C[C@H]3CN(C(=O)N(CCO)CCO)C[C@@H]2C(C)(C)C3)cc1. The minimum atomic E-state index is -0.101. The van der Waals surface area contributed by atoms with Crippen LogP contribution in [0.1, 0.15) is 27.2 Å². The van der Waals surface area contributed by atoms with Crippen LogP contribution in [0.5, 0.6) is 5.75 Å². The first kappa shape index (κ1) is 21.7. The Morgan fingerprint density at radius 1 is 1.14 bits per heavy atom. The molecule has 7 nitrogen and oxygen atoms in total. The maximum absolute atomic E-state index is 13.1. The third-order valence-electron chi connectivity index (χ3n) is 6.18.